The van der Waals surface area contributed by atoms with Crippen LogP contribution in [-0.4, -0.2) is 34.6 Å². The number of amides is 2. The SMILES string of the molecule is NC(=O)CCN1CCCC(Br)C1=O. The van der Waals surface area contributed by atoms with E-state index in [1.165, 1.54) is 0 Å². The van der Waals surface area contributed by atoms with Crippen LogP contribution in [0.2, 0.25) is 0 Å². The van der Waals surface area contributed by atoms with Gasteiger partial charge < -0.3 is 10.6 Å². The fourth-order valence-corrected chi connectivity index (χ4v) is 1.97. The maximum atomic E-state index is 11.5. The Hall–Kier alpha value is -0.580. The van der Waals surface area contributed by atoms with Crippen molar-refractivity contribution >= 4 is 27.7 Å². The Morgan fingerprint density at radius 1 is 1.69 bits per heavy atom. The van der Waals surface area contributed by atoms with Gasteiger partial charge in [-0.2, -0.15) is 0 Å². The minimum Gasteiger partial charge on any atom is -0.370 e. The third-order valence-corrected chi connectivity index (χ3v) is 2.94. The summed E-state index contributed by atoms with van der Waals surface area (Å²) in [5, 5.41) is 0. The first-order valence-electron chi connectivity index (χ1n) is 4.32. The van der Waals surface area contributed by atoms with E-state index in [1.54, 1.807) is 4.90 Å². The van der Waals surface area contributed by atoms with Crippen molar-refractivity contribution in [2.75, 3.05) is 13.1 Å². The van der Waals surface area contributed by atoms with E-state index in [2.05, 4.69) is 15.9 Å². The van der Waals surface area contributed by atoms with Crippen molar-refractivity contribution < 1.29 is 9.59 Å². The van der Waals surface area contributed by atoms with E-state index >= 15 is 0 Å². The highest BCUT2D eigenvalue weighted by Gasteiger charge is 2.25. The zero-order valence-corrected chi connectivity index (χ0v) is 8.92. The summed E-state index contributed by atoms with van der Waals surface area (Å²) in [7, 11) is 0. The third kappa shape index (κ3) is 2.99. The number of nitrogens with zero attached hydrogens (tertiary/aromatic N) is 1. The second kappa shape index (κ2) is 4.60. The van der Waals surface area contributed by atoms with Crippen LogP contribution in [0.25, 0.3) is 0 Å². The van der Waals surface area contributed by atoms with Crippen LogP contribution in [0.1, 0.15) is 19.3 Å². The van der Waals surface area contributed by atoms with Gasteiger partial charge in [0.1, 0.15) is 0 Å². The molecule has 0 saturated carbocycles. The monoisotopic (exact) mass is 248 g/mol. The van der Waals surface area contributed by atoms with Gasteiger partial charge in [0.05, 0.1) is 4.83 Å². The van der Waals surface area contributed by atoms with Crippen LogP contribution in [-0.2, 0) is 9.59 Å². The maximum absolute atomic E-state index is 11.5. The number of hydrogen-bond acceptors (Lipinski definition) is 2. The van der Waals surface area contributed by atoms with Gasteiger partial charge in [-0.05, 0) is 12.8 Å². The Bertz CT molecular complexity index is 220. The summed E-state index contributed by atoms with van der Waals surface area (Å²) in [6, 6.07) is 0. The molecule has 0 aromatic heterocycles. The molecule has 1 atom stereocenters. The quantitative estimate of drug-likeness (QED) is 0.728. The van der Waals surface area contributed by atoms with Gasteiger partial charge in [-0.25, -0.2) is 0 Å². The largest absolute Gasteiger partial charge is 0.370 e. The van der Waals surface area contributed by atoms with Crippen molar-refractivity contribution in [1.82, 2.24) is 4.90 Å². The van der Waals surface area contributed by atoms with Gasteiger partial charge in [-0.3, -0.25) is 9.59 Å². The molecule has 2 amide bonds. The van der Waals surface area contributed by atoms with Gasteiger partial charge in [0, 0.05) is 19.5 Å². The van der Waals surface area contributed by atoms with E-state index in [0.29, 0.717) is 6.54 Å². The molecule has 1 fully saturated rings. The number of hydrogen-bond donors (Lipinski definition) is 1. The molecule has 0 radical (unpaired) electrons. The molecule has 1 unspecified atom stereocenters. The highest BCUT2D eigenvalue weighted by atomic mass is 79.9. The number of carbonyl (C=O) groups is 2. The lowest BCUT2D eigenvalue weighted by molar-refractivity contribution is -0.132. The summed E-state index contributed by atoms with van der Waals surface area (Å²) < 4.78 is 0. The van der Waals surface area contributed by atoms with Gasteiger partial charge in [-0.1, -0.05) is 15.9 Å². The van der Waals surface area contributed by atoms with Gasteiger partial charge in [-0.15, -0.1) is 0 Å². The predicted octanol–water partition coefficient (Wildman–Crippen LogP) is 0.248. The number of halogens is 1. The van der Waals surface area contributed by atoms with Gasteiger partial charge in [0.15, 0.2) is 0 Å². The minimum atomic E-state index is -0.357. The molecule has 0 aromatic rings. The number of rotatable bonds is 3. The average Bonchev–Trinajstić information content (AvgIpc) is 2.07. The fourth-order valence-electron chi connectivity index (χ4n) is 1.36. The molecule has 1 aliphatic rings. The number of primary amides is 1. The van der Waals surface area contributed by atoms with Gasteiger partial charge in [0.25, 0.3) is 0 Å². The summed E-state index contributed by atoms with van der Waals surface area (Å²) in [5.74, 6) is -0.281. The fraction of sp³-hybridized carbons (Fsp3) is 0.750. The van der Waals surface area contributed by atoms with E-state index < -0.39 is 0 Å². The molecule has 0 bridgehead atoms. The lowest BCUT2D eigenvalue weighted by Crippen LogP contribution is -2.43. The summed E-state index contributed by atoms with van der Waals surface area (Å²) >= 11 is 3.29. The van der Waals surface area contributed by atoms with Crippen LogP contribution >= 0.6 is 15.9 Å². The second-order valence-corrected chi connectivity index (χ2v) is 4.26. The molecule has 1 heterocycles. The molecule has 74 valence electrons. The zero-order chi connectivity index (χ0) is 9.84. The molecular weight excluding hydrogens is 236 g/mol. The molecule has 1 rings (SSSR count). The average molecular weight is 249 g/mol. The maximum Gasteiger partial charge on any atom is 0.236 e. The molecule has 13 heavy (non-hydrogen) atoms. The molecule has 4 nitrogen and oxygen atoms in total. The number of nitrogens with two attached hydrogens (primary N) is 1. The Morgan fingerprint density at radius 2 is 2.38 bits per heavy atom. The molecule has 0 spiro atoms. The first kappa shape index (κ1) is 10.5. The van der Waals surface area contributed by atoms with Crippen molar-refractivity contribution in [2.24, 2.45) is 5.73 Å². The summed E-state index contributed by atoms with van der Waals surface area (Å²) in [5.41, 5.74) is 5.00. The Balaban J connectivity index is 2.40. The van der Waals surface area contributed by atoms with E-state index in [4.69, 9.17) is 5.73 Å². The van der Waals surface area contributed by atoms with Gasteiger partial charge in [0.2, 0.25) is 11.8 Å². The lowest BCUT2D eigenvalue weighted by atomic mass is 10.1. The van der Waals surface area contributed by atoms with E-state index in [0.717, 1.165) is 19.4 Å². The summed E-state index contributed by atoms with van der Waals surface area (Å²) in [4.78, 5) is 23.6. The first-order chi connectivity index (χ1) is 6.11. The number of carbonyl (C=O) groups excluding carboxylic acids is 2. The van der Waals surface area contributed by atoms with Crippen molar-refractivity contribution in [2.45, 2.75) is 24.1 Å². The van der Waals surface area contributed by atoms with Crippen LogP contribution < -0.4 is 5.73 Å². The van der Waals surface area contributed by atoms with Crippen LogP contribution in [0.15, 0.2) is 0 Å². The number of likely N-dealkylation sites (tertiary alicyclic amines) is 1. The van der Waals surface area contributed by atoms with E-state index in [9.17, 15) is 9.59 Å². The molecule has 1 saturated heterocycles. The van der Waals surface area contributed by atoms with Gasteiger partial charge >= 0.3 is 0 Å². The number of alkyl halides is 1. The minimum absolute atomic E-state index is 0.0749. The predicted molar refractivity (Wildman–Crippen MR) is 52.3 cm³/mol. The smallest absolute Gasteiger partial charge is 0.236 e. The van der Waals surface area contributed by atoms with Crippen molar-refractivity contribution in [3.8, 4) is 0 Å². The van der Waals surface area contributed by atoms with Crippen molar-refractivity contribution in [3.63, 3.8) is 0 Å². The normalized spacial score (nSPS) is 23.3. The van der Waals surface area contributed by atoms with Crippen LogP contribution in [0.5, 0.6) is 0 Å². The van der Waals surface area contributed by atoms with E-state index in [-0.39, 0.29) is 23.1 Å². The Kier molecular flexibility index (Phi) is 3.71. The third-order valence-electron chi connectivity index (χ3n) is 2.09. The topological polar surface area (TPSA) is 63.4 Å². The molecule has 0 aromatic carbocycles. The lowest BCUT2D eigenvalue weighted by Gasteiger charge is -2.29. The van der Waals surface area contributed by atoms with Crippen LogP contribution in [0, 0.1) is 0 Å². The highest BCUT2D eigenvalue weighted by Crippen LogP contribution is 2.18. The standard InChI is InChI=1S/C8H13BrN2O2/c9-6-2-1-4-11(8(6)13)5-3-7(10)12/h6H,1-5H2,(H2,10,12). The summed E-state index contributed by atoms with van der Waals surface area (Å²) in [6.45, 7) is 1.20. The molecule has 5 heteroatoms. The van der Waals surface area contributed by atoms with E-state index in [1.807, 2.05) is 0 Å². The first-order valence-corrected chi connectivity index (χ1v) is 5.24. The molecular formula is C8H13BrN2O2. The Morgan fingerprint density at radius 3 is 3.00 bits per heavy atom. The zero-order valence-electron chi connectivity index (χ0n) is 7.33. The van der Waals surface area contributed by atoms with Crippen molar-refractivity contribution in [1.29, 1.82) is 0 Å². The highest BCUT2D eigenvalue weighted by molar-refractivity contribution is 9.10. The molecule has 1 aliphatic heterocycles. The number of piperidine rings is 1. The Labute approximate surface area is 85.6 Å². The van der Waals surface area contributed by atoms with Crippen LogP contribution in [0.3, 0.4) is 0 Å². The van der Waals surface area contributed by atoms with Crippen LogP contribution in [0.4, 0.5) is 0 Å². The molecule has 0 aliphatic carbocycles. The second-order valence-electron chi connectivity index (χ2n) is 3.15. The van der Waals surface area contributed by atoms with Crippen molar-refractivity contribution in [3.05, 3.63) is 0 Å². The molecule has 2 N–H and O–H groups in total. The summed E-state index contributed by atoms with van der Waals surface area (Å²) in [6.07, 6.45) is 2.12.